The van der Waals surface area contributed by atoms with E-state index >= 15 is 0 Å². The number of nitrogens with one attached hydrogen (secondary N) is 1. The Hall–Kier alpha value is -0.800. The first-order valence-corrected chi connectivity index (χ1v) is 6.49. The molecule has 18 heavy (non-hydrogen) atoms. The molecule has 5 heteroatoms. The number of nitrogens with zero attached hydrogens (tertiary/aromatic N) is 1. The van der Waals surface area contributed by atoms with Gasteiger partial charge < -0.3 is 5.32 Å². The molecule has 1 atom stereocenters. The lowest BCUT2D eigenvalue weighted by atomic mass is 10.0. The fraction of sp³-hybridized carbons (Fsp3) is 0.154. The van der Waals surface area contributed by atoms with Crippen LogP contribution in [0.25, 0.3) is 0 Å². The molecular formula is C13H11Cl3N2. The van der Waals surface area contributed by atoms with Crippen molar-refractivity contribution in [3.63, 3.8) is 0 Å². The van der Waals surface area contributed by atoms with Crippen LogP contribution < -0.4 is 5.32 Å². The smallest absolute Gasteiger partial charge is 0.0749 e. The van der Waals surface area contributed by atoms with Crippen molar-refractivity contribution in [1.29, 1.82) is 0 Å². The Kier molecular flexibility index (Phi) is 4.46. The number of benzene rings is 1. The average Bonchev–Trinajstić information content (AvgIpc) is 2.37. The number of rotatable bonds is 3. The zero-order valence-corrected chi connectivity index (χ0v) is 11.9. The van der Waals surface area contributed by atoms with Crippen LogP contribution in [-0.4, -0.2) is 12.0 Å². The quantitative estimate of drug-likeness (QED) is 0.911. The molecule has 0 aliphatic carbocycles. The van der Waals surface area contributed by atoms with E-state index in [1.54, 1.807) is 12.3 Å². The van der Waals surface area contributed by atoms with Gasteiger partial charge in [-0.15, -0.1) is 0 Å². The van der Waals surface area contributed by atoms with Gasteiger partial charge in [-0.25, -0.2) is 0 Å². The summed E-state index contributed by atoms with van der Waals surface area (Å²) in [6, 6.07) is 9.18. The maximum atomic E-state index is 6.03. The average molecular weight is 302 g/mol. The Morgan fingerprint density at radius 3 is 2.39 bits per heavy atom. The molecule has 1 heterocycles. The Labute approximate surface area is 121 Å². The summed E-state index contributed by atoms with van der Waals surface area (Å²) in [7, 11) is 1.86. The molecule has 0 amide bonds. The molecule has 0 aliphatic rings. The van der Waals surface area contributed by atoms with E-state index in [0.29, 0.717) is 15.1 Å². The van der Waals surface area contributed by atoms with Crippen LogP contribution in [0, 0.1) is 0 Å². The molecule has 0 saturated carbocycles. The summed E-state index contributed by atoms with van der Waals surface area (Å²) < 4.78 is 0. The van der Waals surface area contributed by atoms with Crippen LogP contribution in [0.3, 0.4) is 0 Å². The molecule has 2 aromatic rings. The third-order valence-electron chi connectivity index (χ3n) is 2.61. The largest absolute Gasteiger partial charge is 0.308 e. The van der Waals surface area contributed by atoms with E-state index in [0.717, 1.165) is 11.3 Å². The Morgan fingerprint density at radius 1 is 1.06 bits per heavy atom. The molecule has 2 rings (SSSR count). The van der Waals surface area contributed by atoms with E-state index in [-0.39, 0.29) is 6.04 Å². The van der Waals surface area contributed by atoms with Gasteiger partial charge in [-0.05, 0) is 36.9 Å². The predicted molar refractivity (Wildman–Crippen MR) is 76.6 cm³/mol. The van der Waals surface area contributed by atoms with Crippen LogP contribution in [0.15, 0.2) is 36.5 Å². The second-order valence-corrected chi connectivity index (χ2v) is 5.05. The molecular weight excluding hydrogens is 291 g/mol. The van der Waals surface area contributed by atoms with Crippen molar-refractivity contribution in [3.05, 3.63) is 62.9 Å². The fourth-order valence-electron chi connectivity index (χ4n) is 1.74. The number of hydrogen-bond donors (Lipinski definition) is 1. The highest BCUT2D eigenvalue weighted by Crippen LogP contribution is 2.28. The summed E-state index contributed by atoms with van der Waals surface area (Å²) in [6.45, 7) is 0. The van der Waals surface area contributed by atoms with Crippen LogP contribution in [0.1, 0.15) is 17.3 Å². The van der Waals surface area contributed by atoms with E-state index < -0.39 is 0 Å². The molecule has 0 spiro atoms. The van der Waals surface area contributed by atoms with Crippen molar-refractivity contribution in [2.75, 3.05) is 7.05 Å². The first kappa shape index (κ1) is 13.6. The maximum absolute atomic E-state index is 6.03. The topological polar surface area (TPSA) is 24.9 Å². The van der Waals surface area contributed by atoms with Crippen LogP contribution in [-0.2, 0) is 0 Å². The van der Waals surface area contributed by atoms with Gasteiger partial charge in [0.1, 0.15) is 0 Å². The summed E-state index contributed by atoms with van der Waals surface area (Å²) in [5, 5.41) is 4.88. The number of halogens is 3. The predicted octanol–water partition coefficient (Wildman–Crippen LogP) is 4.35. The van der Waals surface area contributed by atoms with E-state index in [1.807, 2.05) is 31.3 Å². The second kappa shape index (κ2) is 5.89. The third kappa shape index (κ3) is 2.96. The highest BCUT2D eigenvalue weighted by atomic mass is 35.5. The molecule has 0 saturated heterocycles. The summed E-state index contributed by atoms with van der Waals surface area (Å²) in [5.74, 6) is 0. The molecule has 94 valence electrons. The lowest BCUT2D eigenvalue weighted by molar-refractivity contribution is 0.671. The van der Waals surface area contributed by atoms with Crippen LogP contribution in [0.5, 0.6) is 0 Å². The Bertz CT molecular complexity index is 540. The van der Waals surface area contributed by atoms with Gasteiger partial charge in [-0.3, -0.25) is 4.98 Å². The summed E-state index contributed by atoms with van der Waals surface area (Å²) in [6.07, 6.45) is 1.62. The lowest BCUT2D eigenvalue weighted by Crippen LogP contribution is -2.18. The first-order chi connectivity index (χ1) is 8.61. The Morgan fingerprint density at radius 2 is 1.83 bits per heavy atom. The third-order valence-corrected chi connectivity index (χ3v) is 3.57. The highest BCUT2D eigenvalue weighted by molar-refractivity contribution is 6.42. The number of hydrogen-bond acceptors (Lipinski definition) is 2. The zero-order valence-electron chi connectivity index (χ0n) is 9.62. The number of aromatic nitrogens is 1. The standard InChI is InChI=1S/C13H11Cl3N2/c1-17-13(12-5-3-9(14)7-18-12)8-2-4-10(15)11(16)6-8/h2-7,13,17H,1H3. The minimum atomic E-state index is -0.0444. The summed E-state index contributed by atoms with van der Waals surface area (Å²) >= 11 is 17.8. The lowest BCUT2D eigenvalue weighted by Gasteiger charge is -2.16. The van der Waals surface area contributed by atoms with E-state index in [1.165, 1.54) is 0 Å². The van der Waals surface area contributed by atoms with Gasteiger partial charge in [0.05, 0.1) is 26.8 Å². The monoisotopic (exact) mass is 300 g/mol. The maximum Gasteiger partial charge on any atom is 0.0749 e. The fourth-order valence-corrected chi connectivity index (χ4v) is 2.15. The molecule has 1 aromatic heterocycles. The zero-order chi connectivity index (χ0) is 13.1. The number of pyridine rings is 1. The Balaban J connectivity index is 2.38. The first-order valence-electron chi connectivity index (χ1n) is 5.35. The summed E-state index contributed by atoms with van der Waals surface area (Å²) in [4.78, 5) is 4.31. The molecule has 1 N–H and O–H groups in total. The van der Waals surface area contributed by atoms with Gasteiger partial charge in [0.15, 0.2) is 0 Å². The van der Waals surface area contributed by atoms with E-state index in [4.69, 9.17) is 34.8 Å². The van der Waals surface area contributed by atoms with Gasteiger partial charge >= 0.3 is 0 Å². The molecule has 1 unspecified atom stereocenters. The SMILES string of the molecule is CNC(c1ccc(Cl)c(Cl)c1)c1ccc(Cl)cn1. The second-order valence-electron chi connectivity index (χ2n) is 3.80. The minimum Gasteiger partial charge on any atom is -0.308 e. The molecule has 0 aliphatic heterocycles. The normalized spacial score (nSPS) is 12.4. The molecule has 1 aromatic carbocycles. The van der Waals surface area contributed by atoms with Gasteiger partial charge in [0.25, 0.3) is 0 Å². The van der Waals surface area contributed by atoms with Crippen molar-refractivity contribution in [3.8, 4) is 0 Å². The van der Waals surface area contributed by atoms with Crippen LogP contribution >= 0.6 is 34.8 Å². The van der Waals surface area contributed by atoms with Crippen molar-refractivity contribution >= 4 is 34.8 Å². The van der Waals surface area contributed by atoms with Crippen molar-refractivity contribution in [2.45, 2.75) is 6.04 Å². The molecule has 0 radical (unpaired) electrons. The highest BCUT2D eigenvalue weighted by Gasteiger charge is 2.14. The van der Waals surface area contributed by atoms with E-state index in [9.17, 15) is 0 Å². The van der Waals surface area contributed by atoms with Crippen molar-refractivity contribution < 1.29 is 0 Å². The van der Waals surface area contributed by atoms with Crippen LogP contribution in [0.4, 0.5) is 0 Å². The van der Waals surface area contributed by atoms with Crippen molar-refractivity contribution in [1.82, 2.24) is 10.3 Å². The van der Waals surface area contributed by atoms with Gasteiger partial charge in [-0.2, -0.15) is 0 Å². The van der Waals surface area contributed by atoms with Gasteiger partial charge in [0.2, 0.25) is 0 Å². The molecule has 0 bridgehead atoms. The van der Waals surface area contributed by atoms with Gasteiger partial charge in [-0.1, -0.05) is 40.9 Å². The molecule has 0 fully saturated rings. The minimum absolute atomic E-state index is 0.0444. The van der Waals surface area contributed by atoms with Crippen LogP contribution in [0.2, 0.25) is 15.1 Å². The van der Waals surface area contributed by atoms with Gasteiger partial charge in [0, 0.05) is 6.20 Å². The molecule has 2 nitrogen and oxygen atoms in total. The van der Waals surface area contributed by atoms with E-state index in [2.05, 4.69) is 10.3 Å². The van der Waals surface area contributed by atoms with Crippen molar-refractivity contribution in [2.24, 2.45) is 0 Å². The summed E-state index contributed by atoms with van der Waals surface area (Å²) in [5.41, 5.74) is 1.88.